The molecule has 0 atom stereocenters. The van der Waals surface area contributed by atoms with Gasteiger partial charge in [-0.25, -0.2) is 4.39 Å². The third-order valence-corrected chi connectivity index (χ3v) is 2.82. The average molecular weight is 393 g/mol. The highest BCUT2D eigenvalue weighted by molar-refractivity contribution is 14.0. The van der Waals surface area contributed by atoms with Crippen LogP contribution in [0.3, 0.4) is 0 Å². The molecule has 0 aromatic heterocycles. The van der Waals surface area contributed by atoms with Gasteiger partial charge in [0, 0.05) is 20.1 Å². The number of rotatable bonds is 6. The first-order chi connectivity index (χ1) is 9.11. The summed E-state index contributed by atoms with van der Waals surface area (Å²) in [5.41, 5.74) is 0.908. The van der Waals surface area contributed by atoms with Crippen molar-refractivity contribution in [1.82, 2.24) is 10.6 Å². The zero-order chi connectivity index (χ0) is 14.1. The number of aliphatic imine (C=N–C) groups is 1. The molecule has 0 unspecified atom stereocenters. The molecular weight excluding hydrogens is 368 g/mol. The standard InChI is InChI=1S/C15H24FN3.HI/c1-12(2)6-5-9-18-15(17-3)19-11-13-7-4-8-14(16)10-13;/h4,7-8,10,12H,5-6,9,11H2,1-3H3,(H2,17,18,19);1H. The van der Waals surface area contributed by atoms with Crippen LogP contribution in [-0.4, -0.2) is 19.6 Å². The Morgan fingerprint density at radius 3 is 2.65 bits per heavy atom. The van der Waals surface area contributed by atoms with Gasteiger partial charge in [0.15, 0.2) is 5.96 Å². The minimum atomic E-state index is -0.209. The van der Waals surface area contributed by atoms with Crippen LogP contribution in [0.1, 0.15) is 32.3 Å². The van der Waals surface area contributed by atoms with Crippen molar-refractivity contribution in [2.75, 3.05) is 13.6 Å². The average Bonchev–Trinajstić information content (AvgIpc) is 2.37. The van der Waals surface area contributed by atoms with E-state index in [9.17, 15) is 4.39 Å². The van der Waals surface area contributed by atoms with Crippen molar-refractivity contribution in [2.24, 2.45) is 10.9 Å². The van der Waals surface area contributed by atoms with Gasteiger partial charge in [0.2, 0.25) is 0 Å². The summed E-state index contributed by atoms with van der Waals surface area (Å²) >= 11 is 0. The number of nitrogens with one attached hydrogen (secondary N) is 2. The third-order valence-electron chi connectivity index (χ3n) is 2.82. The van der Waals surface area contributed by atoms with Gasteiger partial charge in [-0.1, -0.05) is 26.0 Å². The molecule has 0 bridgehead atoms. The number of hydrogen-bond donors (Lipinski definition) is 2. The van der Waals surface area contributed by atoms with E-state index in [4.69, 9.17) is 0 Å². The Labute approximate surface area is 138 Å². The number of guanidine groups is 1. The van der Waals surface area contributed by atoms with Gasteiger partial charge in [-0.2, -0.15) is 0 Å². The highest BCUT2D eigenvalue weighted by Gasteiger charge is 1.99. The molecule has 0 radical (unpaired) electrons. The highest BCUT2D eigenvalue weighted by Crippen LogP contribution is 2.03. The lowest BCUT2D eigenvalue weighted by atomic mass is 10.1. The van der Waals surface area contributed by atoms with E-state index in [1.807, 2.05) is 6.07 Å². The van der Waals surface area contributed by atoms with Crippen molar-refractivity contribution >= 4 is 29.9 Å². The van der Waals surface area contributed by atoms with E-state index < -0.39 is 0 Å². The second-order valence-electron chi connectivity index (χ2n) is 5.02. The number of benzene rings is 1. The molecule has 0 saturated heterocycles. The van der Waals surface area contributed by atoms with E-state index in [2.05, 4.69) is 29.5 Å². The Kier molecular flexibility index (Phi) is 10.4. The summed E-state index contributed by atoms with van der Waals surface area (Å²) in [5, 5.41) is 6.43. The quantitative estimate of drug-likeness (QED) is 0.336. The number of nitrogens with zero attached hydrogens (tertiary/aromatic N) is 1. The van der Waals surface area contributed by atoms with Crippen LogP contribution in [0.4, 0.5) is 4.39 Å². The zero-order valence-electron chi connectivity index (χ0n) is 12.4. The summed E-state index contributed by atoms with van der Waals surface area (Å²) in [5.74, 6) is 1.27. The second kappa shape index (κ2) is 10.9. The van der Waals surface area contributed by atoms with Gasteiger partial charge >= 0.3 is 0 Å². The van der Waals surface area contributed by atoms with Crippen LogP contribution in [0.15, 0.2) is 29.3 Å². The van der Waals surface area contributed by atoms with Crippen molar-refractivity contribution in [1.29, 1.82) is 0 Å². The van der Waals surface area contributed by atoms with Crippen LogP contribution in [0.5, 0.6) is 0 Å². The molecule has 0 saturated carbocycles. The Morgan fingerprint density at radius 1 is 1.30 bits per heavy atom. The molecule has 0 aliphatic carbocycles. The Morgan fingerprint density at radius 2 is 2.05 bits per heavy atom. The summed E-state index contributed by atoms with van der Waals surface area (Å²) in [6.45, 7) is 5.91. The summed E-state index contributed by atoms with van der Waals surface area (Å²) in [6.07, 6.45) is 2.33. The Bertz CT molecular complexity index is 408. The summed E-state index contributed by atoms with van der Waals surface area (Å²) in [6, 6.07) is 6.58. The van der Waals surface area contributed by atoms with Crippen LogP contribution in [0.2, 0.25) is 0 Å². The fourth-order valence-electron chi connectivity index (χ4n) is 1.77. The van der Waals surface area contributed by atoms with E-state index in [1.54, 1.807) is 13.1 Å². The van der Waals surface area contributed by atoms with Crippen molar-refractivity contribution in [3.63, 3.8) is 0 Å². The number of halogens is 2. The summed E-state index contributed by atoms with van der Waals surface area (Å²) in [4.78, 5) is 4.14. The smallest absolute Gasteiger partial charge is 0.191 e. The van der Waals surface area contributed by atoms with Crippen molar-refractivity contribution in [3.8, 4) is 0 Å². The molecule has 20 heavy (non-hydrogen) atoms. The topological polar surface area (TPSA) is 36.4 Å². The third kappa shape index (κ3) is 8.35. The maximum absolute atomic E-state index is 13.0. The maximum Gasteiger partial charge on any atom is 0.191 e. The molecule has 2 N–H and O–H groups in total. The van der Waals surface area contributed by atoms with E-state index in [0.29, 0.717) is 6.54 Å². The van der Waals surface area contributed by atoms with Gasteiger partial charge < -0.3 is 10.6 Å². The first-order valence-electron chi connectivity index (χ1n) is 6.80. The van der Waals surface area contributed by atoms with Gasteiger partial charge in [-0.3, -0.25) is 4.99 Å². The minimum absolute atomic E-state index is 0. The monoisotopic (exact) mass is 393 g/mol. The lowest BCUT2D eigenvalue weighted by Crippen LogP contribution is -2.37. The fourth-order valence-corrected chi connectivity index (χ4v) is 1.77. The molecule has 1 aromatic carbocycles. The fraction of sp³-hybridized carbons (Fsp3) is 0.533. The van der Waals surface area contributed by atoms with Gasteiger partial charge in [0.25, 0.3) is 0 Å². The SMILES string of the molecule is CN=C(NCCCC(C)C)NCc1cccc(F)c1.I. The van der Waals surface area contributed by atoms with Crippen molar-refractivity contribution < 1.29 is 4.39 Å². The van der Waals surface area contributed by atoms with Crippen LogP contribution in [0.25, 0.3) is 0 Å². The molecule has 0 aliphatic heterocycles. The second-order valence-corrected chi connectivity index (χ2v) is 5.02. The van der Waals surface area contributed by atoms with Gasteiger partial charge in [-0.15, -0.1) is 24.0 Å². The molecule has 1 rings (SSSR count). The van der Waals surface area contributed by atoms with Gasteiger partial charge in [0.1, 0.15) is 5.82 Å². The first kappa shape index (κ1) is 19.1. The molecule has 0 heterocycles. The Balaban J connectivity index is 0.00000361. The van der Waals surface area contributed by atoms with Crippen LogP contribution >= 0.6 is 24.0 Å². The normalized spacial score (nSPS) is 11.2. The maximum atomic E-state index is 13.0. The minimum Gasteiger partial charge on any atom is -0.356 e. The molecule has 1 aromatic rings. The van der Waals surface area contributed by atoms with Crippen molar-refractivity contribution in [2.45, 2.75) is 33.2 Å². The molecular formula is C15H25FIN3. The predicted molar refractivity (Wildman–Crippen MR) is 94.1 cm³/mol. The summed E-state index contributed by atoms with van der Waals surface area (Å²) in [7, 11) is 1.74. The van der Waals surface area contributed by atoms with Crippen LogP contribution < -0.4 is 10.6 Å². The largest absolute Gasteiger partial charge is 0.356 e. The summed E-state index contributed by atoms with van der Waals surface area (Å²) < 4.78 is 13.0. The van der Waals surface area contributed by atoms with Gasteiger partial charge in [-0.05, 0) is 36.5 Å². The molecule has 0 aliphatic rings. The van der Waals surface area contributed by atoms with Crippen LogP contribution in [0, 0.1) is 11.7 Å². The lowest BCUT2D eigenvalue weighted by Gasteiger charge is -2.12. The molecule has 0 amide bonds. The molecule has 0 spiro atoms. The Hall–Kier alpha value is -0.850. The van der Waals surface area contributed by atoms with Crippen molar-refractivity contribution in [3.05, 3.63) is 35.6 Å². The predicted octanol–water partition coefficient (Wildman–Crippen LogP) is 3.54. The molecule has 5 heteroatoms. The molecule has 3 nitrogen and oxygen atoms in total. The zero-order valence-corrected chi connectivity index (χ0v) is 14.8. The molecule has 114 valence electrons. The molecule has 0 fully saturated rings. The van der Waals surface area contributed by atoms with Crippen LogP contribution in [-0.2, 0) is 6.54 Å². The van der Waals surface area contributed by atoms with E-state index in [1.165, 1.54) is 18.6 Å². The number of hydrogen-bond acceptors (Lipinski definition) is 1. The first-order valence-corrected chi connectivity index (χ1v) is 6.80. The lowest BCUT2D eigenvalue weighted by molar-refractivity contribution is 0.549. The van der Waals surface area contributed by atoms with E-state index in [0.717, 1.165) is 30.4 Å². The highest BCUT2D eigenvalue weighted by atomic mass is 127. The van der Waals surface area contributed by atoms with E-state index in [-0.39, 0.29) is 29.8 Å². The van der Waals surface area contributed by atoms with E-state index >= 15 is 0 Å². The van der Waals surface area contributed by atoms with Gasteiger partial charge in [0.05, 0.1) is 0 Å².